The Morgan fingerprint density at radius 1 is 0.544 bits per heavy atom. The molecule has 0 unspecified atom stereocenters. The second-order valence-corrected chi connectivity index (χ2v) is 24.0. The van der Waals surface area contributed by atoms with Gasteiger partial charge in [-0.3, -0.25) is 4.79 Å². The average Bonchev–Trinajstić information content (AvgIpc) is 1.58. The monoisotopic (exact) mass is 1520 g/mol. The molecule has 3 aromatic rings. The fourth-order valence-corrected chi connectivity index (χ4v) is 9.99. The summed E-state index contributed by atoms with van der Waals surface area (Å²) in [5.74, 6) is -6.92. The molecule has 586 valence electrons. The van der Waals surface area contributed by atoms with Crippen molar-refractivity contribution >= 4 is 46.7 Å². The standard InChI is InChI=1S/C67H101Cl2F2N3O22.C2HF3O2/c1-66(2,3)50-60-67(51-72,55-10-9-53(68)49-57(55)70)61(54-6-5-7-56(69)62(54)71)63(74-60)64(76)73-58-11-8-52(48-59(58)78-4)65(77)96-47-46-95-45-44-94-43-42-93-41-40-92-39-38-91-37-36-90-35-34-89-33-32-88-31-30-87-29-28-86-27-26-85-25-24-84-23-22-83-21-20-82-19-18-81-17-16-80-15-14-79-13-12-75;3-2(4,5)1(6)7/h5-11,48-49,60-61,63,74-75H,12-47,50H2,1-4H3,(H,73,76);(H,6,7)/t60-,61-,63+,67-;/m0./s1. The lowest BCUT2D eigenvalue weighted by molar-refractivity contribution is -0.192. The first kappa shape index (κ1) is 92.0. The number of benzene rings is 3. The first-order valence-electron chi connectivity index (χ1n) is 33.7. The van der Waals surface area contributed by atoms with Gasteiger partial charge in [-0.25, -0.2) is 18.4 Å². The second kappa shape index (κ2) is 56.2. The van der Waals surface area contributed by atoms with Crippen molar-refractivity contribution in [2.75, 3.05) is 250 Å². The van der Waals surface area contributed by atoms with Crippen molar-refractivity contribution in [2.24, 2.45) is 5.41 Å². The number of carboxylic acids is 1. The molecular formula is C69H102Cl2F5N3O24. The van der Waals surface area contributed by atoms with Crippen LogP contribution in [0.25, 0.3) is 0 Å². The maximum absolute atomic E-state index is 16.2. The summed E-state index contributed by atoms with van der Waals surface area (Å²) in [5, 5.41) is 32.9. The minimum atomic E-state index is -5.08. The number of halogens is 7. The molecule has 0 aromatic heterocycles. The van der Waals surface area contributed by atoms with Gasteiger partial charge in [0, 0.05) is 22.5 Å². The van der Waals surface area contributed by atoms with Gasteiger partial charge in [0.1, 0.15) is 29.4 Å². The van der Waals surface area contributed by atoms with Crippen LogP contribution >= 0.6 is 23.2 Å². The van der Waals surface area contributed by atoms with Crippen molar-refractivity contribution in [3.8, 4) is 11.8 Å². The lowest BCUT2D eigenvalue weighted by atomic mass is 9.62. The van der Waals surface area contributed by atoms with Gasteiger partial charge < -0.3 is 111 Å². The lowest BCUT2D eigenvalue weighted by Gasteiger charge is -2.37. The lowest BCUT2D eigenvalue weighted by Crippen LogP contribution is -2.45. The summed E-state index contributed by atoms with van der Waals surface area (Å²) in [6.07, 6.45) is -4.80. The van der Waals surface area contributed by atoms with Crippen molar-refractivity contribution in [1.82, 2.24) is 5.32 Å². The number of aliphatic carboxylic acids is 1. The molecule has 1 fully saturated rings. The zero-order valence-electron chi connectivity index (χ0n) is 59.1. The van der Waals surface area contributed by atoms with Crippen LogP contribution in [0.5, 0.6) is 5.75 Å². The van der Waals surface area contributed by atoms with E-state index in [1.54, 1.807) is 0 Å². The molecule has 1 aliphatic heterocycles. The Hall–Kier alpha value is -5.17. The highest BCUT2D eigenvalue weighted by Gasteiger charge is 2.61. The number of esters is 1. The predicted molar refractivity (Wildman–Crippen MR) is 364 cm³/mol. The number of hydrogen-bond donors (Lipinski definition) is 4. The number of aliphatic hydroxyl groups is 1. The number of carboxylic acid groups (broad SMARTS) is 1. The Labute approximate surface area is 608 Å². The topological polar surface area (TPSA) is 315 Å². The minimum Gasteiger partial charge on any atom is -0.495 e. The van der Waals surface area contributed by atoms with Gasteiger partial charge in [0.15, 0.2) is 0 Å². The number of alkyl halides is 3. The zero-order chi connectivity index (χ0) is 75.2. The number of carbonyl (C=O) groups is 3. The van der Waals surface area contributed by atoms with Crippen molar-refractivity contribution in [2.45, 2.75) is 56.8 Å². The van der Waals surface area contributed by atoms with Gasteiger partial charge in [0.25, 0.3) is 0 Å². The van der Waals surface area contributed by atoms with Gasteiger partial charge in [-0.05, 0) is 53.8 Å². The Bertz CT molecular complexity index is 2800. The smallest absolute Gasteiger partial charge is 0.490 e. The molecule has 27 nitrogen and oxygen atoms in total. The first-order chi connectivity index (χ1) is 49.7. The van der Waals surface area contributed by atoms with E-state index in [-0.39, 0.29) is 71.0 Å². The van der Waals surface area contributed by atoms with E-state index >= 15 is 8.78 Å². The molecule has 4 N–H and O–H groups in total. The summed E-state index contributed by atoms with van der Waals surface area (Å²) in [6, 6.07) is 12.7. The van der Waals surface area contributed by atoms with E-state index in [1.165, 1.54) is 55.6 Å². The van der Waals surface area contributed by atoms with Crippen LogP contribution in [0.15, 0.2) is 54.6 Å². The van der Waals surface area contributed by atoms with E-state index in [9.17, 15) is 28.0 Å². The number of ether oxygens (including phenoxy) is 19. The molecule has 34 heteroatoms. The number of nitrogens with one attached hydrogen (secondary N) is 2. The molecule has 4 rings (SSSR count). The summed E-state index contributed by atoms with van der Waals surface area (Å²) < 4.78 is 168. The van der Waals surface area contributed by atoms with Crippen LogP contribution in [0.1, 0.15) is 54.6 Å². The fourth-order valence-electron chi connectivity index (χ4n) is 9.65. The Morgan fingerprint density at radius 3 is 1.22 bits per heavy atom. The molecule has 1 aliphatic rings. The van der Waals surface area contributed by atoms with Gasteiger partial charge >= 0.3 is 18.1 Å². The van der Waals surface area contributed by atoms with E-state index in [0.717, 1.165) is 6.07 Å². The van der Waals surface area contributed by atoms with Gasteiger partial charge in [0.05, 0.1) is 267 Å². The SMILES string of the molecule is COc1cc(C(=O)OCCOCCOCCOCCOCCOCCOCCOCCOCCOCCOCCOCCOCCOCCOCCOCCOCCOCCO)ccc1NC(=O)[C@@H]1N[C@@H](CC(C)(C)C)[C@](C#N)(c2ccc(Cl)cc2F)[C@H]1c1cccc(Cl)c1F.O=C(O)C(F)(F)F. The van der Waals surface area contributed by atoms with Gasteiger partial charge in [0.2, 0.25) is 5.91 Å². The third kappa shape index (κ3) is 39.8. The Kier molecular flexibility index (Phi) is 50.2. The molecule has 0 spiro atoms. The highest BCUT2D eigenvalue weighted by Crippen LogP contribution is 2.53. The van der Waals surface area contributed by atoms with Crippen LogP contribution in [-0.4, -0.2) is 291 Å². The number of amides is 1. The summed E-state index contributed by atoms with van der Waals surface area (Å²) in [5.41, 5.74) is -2.08. The summed E-state index contributed by atoms with van der Waals surface area (Å²) in [7, 11) is 1.36. The van der Waals surface area contributed by atoms with Crippen LogP contribution in [0.2, 0.25) is 10.0 Å². The largest absolute Gasteiger partial charge is 0.495 e. The zero-order valence-corrected chi connectivity index (χ0v) is 60.6. The number of carbonyl (C=O) groups excluding carboxylic acids is 2. The number of rotatable bonds is 60. The van der Waals surface area contributed by atoms with Crippen LogP contribution in [-0.2, 0) is 100 Å². The number of hydrogen-bond acceptors (Lipinski definition) is 25. The third-order valence-corrected chi connectivity index (χ3v) is 14.8. The number of aliphatic hydroxyl groups excluding tert-OH is 1. The molecule has 3 aromatic carbocycles. The van der Waals surface area contributed by atoms with Gasteiger partial charge in [-0.2, -0.15) is 18.4 Å². The summed E-state index contributed by atoms with van der Waals surface area (Å²) in [6.45, 7) is 20.3. The Balaban J connectivity index is 0.00000373. The van der Waals surface area contributed by atoms with Crippen LogP contribution < -0.4 is 15.4 Å². The fraction of sp³-hybridized carbons (Fsp3) is 0.681. The normalized spacial score (nSPS) is 16.0. The minimum absolute atomic E-state index is 0.00999. The highest BCUT2D eigenvalue weighted by molar-refractivity contribution is 6.31. The van der Waals surface area contributed by atoms with Crippen molar-refractivity contribution in [1.29, 1.82) is 5.26 Å². The summed E-state index contributed by atoms with van der Waals surface area (Å²) in [4.78, 5) is 36.5. The number of methoxy groups -OCH3 is 1. The maximum Gasteiger partial charge on any atom is 0.490 e. The number of nitrogens with zero attached hydrogens (tertiary/aromatic N) is 1. The van der Waals surface area contributed by atoms with Crippen molar-refractivity contribution in [3.05, 3.63) is 93.0 Å². The quantitative estimate of drug-likeness (QED) is 0.0244. The van der Waals surface area contributed by atoms with Crippen molar-refractivity contribution in [3.63, 3.8) is 0 Å². The van der Waals surface area contributed by atoms with Crippen LogP contribution in [0.4, 0.5) is 27.6 Å². The first-order valence-corrected chi connectivity index (χ1v) is 34.4. The van der Waals surface area contributed by atoms with E-state index in [0.29, 0.717) is 211 Å². The second-order valence-electron chi connectivity index (χ2n) is 23.2. The third-order valence-electron chi connectivity index (χ3n) is 14.3. The molecule has 0 radical (unpaired) electrons. The molecule has 1 heterocycles. The Morgan fingerprint density at radius 2 is 0.903 bits per heavy atom. The van der Waals surface area contributed by atoms with Crippen LogP contribution in [0, 0.1) is 28.4 Å². The molecule has 1 amide bonds. The van der Waals surface area contributed by atoms with Crippen molar-refractivity contribution < 1.29 is 137 Å². The molecule has 0 aliphatic carbocycles. The van der Waals surface area contributed by atoms with Crippen LogP contribution in [0.3, 0.4) is 0 Å². The van der Waals surface area contributed by atoms with E-state index in [4.69, 9.17) is 128 Å². The van der Waals surface area contributed by atoms with E-state index < -0.39 is 64.5 Å². The van der Waals surface area contributed by atoms with Gasteiger partial charge in [-0.1, -0.05) is 62.2 Å². The van der Waals surface area contributed by atoms with Gasteiger partial charge in [-0.15, -0.1) is 0 Å². The highest BCUT2D eigenvalue weighted by atomic mass is 35.5. The molecular weight excluding hydrogens is 1420 g/mol. The molecule has 1 saturated heterocycles. The predicted octanol–water partition coefficient (Wildman–Crippen LogP) is 7.31. The number of nitriles is 1. The number of anilines is 1. The molecule has 103 heavy (non-hydrogen) atoms. The molecule has 4 atom stereocenters. The maximum atomic E-state index is 16.2. The molecule has 0 bridgehead atoms. The molecule has 0 saturated carbocycles. The van der Waals surface area contributed by atoms with E-state index in [1.807, 2.05) is 20.8 Å². The summed E-state index contributed by atoms with van der Waals surface area (Å²) >= 11 is 12.4. The van der Waals surface area contributed by atoms with E-state index in [2.05, 4.69) is 16.7 Å². The average molecular weight is 1520 g/mol.